The van der Waals surface area contributed by atoms with Crippen LogP contribution in [0.25, 0.3) is 11.1 Å². The molecule has 2 N–H and O–H groups in total. The highest BCUT2D eigenvalue weighted by Gasteiger charge is 2.31. The van der Waals surface area contributed by atoms with E-state index >= 15 is 0 Å². The van der Waals surface area contributed by atoms with Crippen LogP contribution in [-0.2, 0) is 16.4 Å². The zero-order chi connectivity index (χ0) is 22.9. The molecule has 0 bridgehead atoms. The van der Waals surface area contributed by atoms with Crippen LogP contribution in [-0.4, -0.2) is 44.7 Å². The summed E-state index contributed by atoms with van der Waals surface area (Å²) in [7, 11) is -3.30. The second kappa shape index (κ2) is 9.15. The van der Waals surface area contributed by atoms with E-state index in [9.17, 15) is 22.0 Å². The Labute approximate surface area is 187 Å². The molecule has 0 aromatic heterocycles. The molecule has 4 rings (SSSR count). The molecule has 1 fully saturated rings. The molecule has 2 atom stereocenters. The number of likely N-dealkylation sites (tertiary alicyclic amines) is 1. The molecular weight excluding hydrogens is 436 g/mol. The Balaban J connectivity index is 1.52. The van der Waals surface area contributed by atoms with Crippen molar-refractivity contribution < 1.29 is 22.0 Å². The molecule has 6 nitrogen and oxygen atoms in total. The Hall–Kier alpha value is -2.52. The fourth-order valence-electron chi connectivity index (χ4n) is 4.76. The van der Waals surface area contributed by atoms with E-state index in [2.05, 4.69) is 10.0 Å². The van der Waals surface area contributed by atoms with Gasteiger partial charge in [0.25, 0.3) is 0 Å². The molecule has 1 aliphatic carbocycles. The van der Waals surface area contributed by atoms with Gasteiger partial charge in [0.15, 0.2) is 0 Å². The maximum Gasteiger partial charge on any atom is 0.317 e. The molecule has 172 valence electrons. The third-order valence-electron chi connectivity index (χ3n) is 6.17. The van der Waals surface area contributed by atoms with E-state index in [0.29, 0.717) is 50.8 Å². The molecule has 1 aliphatic heterocycles. The Morgan fingerprint density at radius 3 is 2.47 bits per heavy atom. The van der Waals surface area contributed by atoms with Crippen molar-refractivity contribution in [1.29, 1.82) is 0 Å². The van der Waals surface area contributed by atoms with E-state index in [0.717, 1.165) is 17.4 Å². The minimum Gasteiger partial charge on any atom is -0.331 e. The van der Waals surface area contributed by atoms with Crippen LogP contribution >= 0.6 is 0 Å². The van der Waals surface area contributed by atoms with Gasteiger partial charge in [0, 0.05) is 19.1 Å². The lowest BCUT2D eigenvalue weighted by atomic mass is 9.94. The minimum atomic E-state index is -3.30. The second-order valence-electron chi connectivity index (χ2n) is 8.52. The highest BCUT2D eigenvalue weighted by molar-refractivity contribution is 7.88. The van der Waals surface area contributed by atoms with Gasteiger partial charge in [-0.15, -0.1) is 0 Å². The topological polar surface area (TPSA) is 78.5 Å². The van der Waals surface area contributed by atoms with E-state index < -0.39 is 21.7 Å². The summed E-state index contributed by atoms with van der Waals surface area (Å²) in [6.45, 7) is 0.957. The fourth-order valence-corrected chi connectivity index (χ4v) is 5.61. The SMILES string of the molecule is CS(=O)(=O)N[C@H]1CCCN(C(=O)N[C@@H]2CCc3cccc(-c4c(F)cccc4F)c32)CC1. The van der Waals surface area contributed by atoms with Crippen molar-refractivity contribution in [2.24, 2.45) is 0 Å². The van der Waals surface area contributed by atoms with Crippen LogP contribution in [0.4, 0.5) is 13.6 Å². The number of benzene rings is 2. The Bertz CT molecular complexity index is 1100. The van der Waals surface area contributed by atoms with Gasteiger partial charge in [-0.05, 0) is 60.9 Å². The summed E-state index contributed by atoms with van der Waals surface area (Å²) in [6, 6.07) is 8.43. The molecule has 0 saturated carbocycles. The summed E-state index contributed by atoms with van der Waals surface area (Å²) < 4.78 is 54.6. The third-order valence-corrected chi connectivity index (χ3v) is 6.93. The van der Waals surface area contributed by atoms with E-state index in [1.165, 1.54) is 18.2 Å². The average molecular weight is 464 g/mol. The molecule has 0 spiro atoms. The van der Waals surface area contributed by atoms with Gasteiger partial charge in [-0.25, -0.2) is 26.7 Å². The van der Waals surface area contributed by atoms with E-state index in [4.69, 9.17) is 0 Å². The molecular formula is C23H27F2N3O3S. The second-order valence-corrected chi connectivity index (χ2v) is 10.3. The third kappa shape index (κ3) is 4.94. The van der Waals surface area contributed by atoms with Crippen molar-refractivity contribution in [2.75, 3.05) is 19.3 Å². The first-order valence-electron chi connectivity index (χ1n) is 10.8. The van der Waals surface area contributed by atoms with Crippen LogP contribution < -0.4 is 10.0 Å². The van der Waals surface area contributed by atoms with Gasteiger partial charge in [-0.1, -0.05) is 24.3 Å². The van der Waals surface area contributed by atoms with Gasteiger partial charge in [-0.2, -0.15) is 0 Å². The normalized spacial score (nSPS) is 21.2. The lowest BCUT2D eigenvalue weighted by molar-refractivity contribution is 0.195. The number of fused-ring (bicyclic) bond motifs is 1. The minimum absolute atomic E-state index is 0.0741. The lowest BCUT2D eigenvalue weighted by Gasteiger charge is -2.25. The highest BCUT2D eigenvalue weighted by Crippen LogP contribution is 2.40. The number of sulfonamides is 1. The van der Waals surface area contributed by atoms with Crippen molar-refractivity contribution in [3.8, 4) is 11.1 Å². The number of carbonyl (C=O) groups excluding carboxylic acids is 1. The molecule has 1 heterocycles. The first-order chi connectivity index (χ1) is 15.2. The molecule has 2 amide bonds. The van der Waals surface area contributed by atoms with Gasteiger partial charge in [0.1, 0.15) is 11.6 Å². The largest absolute Gasteiger partial charge is 0.331 e. The number of hydrogen-bond donors (Lipinski definition) is 2. The number of halogens is 2. The summed E-state index contributed by atoms with van der Waals surface area (Å²) in [5.74, 6) is -1.26. The van der Waals surface area contributed by atoms with Crippen LogP contribution in [0, 0.1) is 11.6 Å². The quantitative estimate of drug-likeness (QED) is 0.725. The number of amides is 2. The van der Waals surface area contributed by atoms with Crippen molar-refractivity contribution in [2.45, 2.75) is 44.2 Å². The predicted octanol–water partition coefficient (Wildman–Crippen LogP) is 3.73. The predicted molar refractivity (Wildman–Crippen MR) is 119 cm³/mol. The van der Waals surface area contributed by atoms with Gasteiger partial charge in [0.05, 0.1) is 17.9 Å². The zero-order valence-electron chi connectivity index (χ0n) is 17.9. The first-order valence-corrected chi connectivity index (χ1v) is 12.7. The fraction of sp³-hybridized carbons (Fsp3) is 0.435. The summed E-state index contributed by atoms with van der Waals surface area (Å²) in [6.07, 6.45) is 4.39. The van der Waals surface area contributed by atoms with Gasteiger partial charge in [0.2, 0.25) is 10.0 Å². The van der Waals surface area contributed by atoms with Crippen molar-refractivity contribution >= 4 is 16.1 Å². The number of urea groups is 1. The van der Waals surface area contributed by atoms with Crippen LogP contribution in [0.15, 0.2) is 36.4 Å². The van der Waals surface area contributed by atoms with E-state index in [1.54, 1.807) is 17.0 Å². The number of carbonyl (C=O) groups is 1. The maximum absolute atomic E-state index is 14.5. The lowest BCUT2D eigenvalue weighted by Crippen LogP contribution is -2.42. The van der Waals surface area contributed by atoms with Crippen molar-refractivity contribution in [1.82, 2.24) is 14.9 Å². The molecule has 9 heteroatoms. The molecule has 2 aliphatic rings. The number of rotatable bonds is 4. The van der Waals surface area contributed by atoms with Gasteiger partial charge >= 0.3 is 6.03 Å². The summed E-state index contributed by atoms with van der Waals surface area (Å²) >= 11 is 0. The molecule has 2 aromatic carbocycles. The van der Waals surface area contributed by atoms with Crippen LogP contribution in [0.2, 0.25) is 0 Å². The van der Waals surface area contributed by atoms with Crippen molar-refractivity contribution in [3.63, 3.8) is 0 Å². The molecule has 0 radical (unpaired) electrons. The number of nitrogens with zero attached hydrogens (tertiary/aromatic N) is 1. The van der Waals surface area contributed by atoms with Gasteiger partial charge < -0.3 is 10.2 Å². The smallest absolute Gasteiger partial charge is 0.317 e. The Kier molecular flexibility index (Phi) is 6.48. The monoisotopic (exact) mass is 463 g/mol. The zero-order valence-corrected chi connectivity index (χ0v) is 18.7. The Morgan fingerprint density at radius 2 is 1.75 bits per heavy atom. The molecule has 1 saturated heterocycles. The van der Waals surface area contributed by atoms with Crippen LogP contribution in [0.1, 0.15) is 42.9 Å². The average Bonchev–Trinajstić information content (AvgIpc) is 2.98. The number of hydrogen-bond acceptors (Lipinski definition) is 3. The summed E-state index contributed by atoms with van der Waals surface area (Å²) in [5.41, 5.74) is 2.13. The standard InChI is InChI=1S/C23H27F2N3O3S/c1-32(30,31)27-16-6-4-13-28(14-12-16)23(29)26-20-11-10-15-5-2-7-17(21(15)20)22-18(24)8-3-9-19(22)25/h2-3,5,7-9,16,20,27H,4,6,10-14H2,1H3,(H,26,29)/t16-,20+/m0/s1. The summed E-state index contributed by atoms with van der Waals surface area (Å²) in [4.78, 5) is 14.7. The van der Waals surface area contributed by atoms with E-state index in [1.807, 2.05) is 6.07 Å². The number of aryl methyl sites for hydroxylation is 1. The molecule has 2 aromatic rings. The Morgan fingerprint density at radius 1 is 1.03 bits per heavy atom. The van der Waals surface area contributed by atoms with Crippen molar-refractivity contribution in [3.05, 3.63) is 59.2 Å². The van der Waals surface area contributed by atoms with Crippen LogP contribution in [0.3, 0.4) is 0 Å². The highest BCUT2D eigenvalue weighted by atomic mass is 32.2. The maximum atomic E-state index is 14.5. The molecule has 0 unspecified atom stereocenters. The first kappa shape index (κ1) is 22.7. The number of nitrogens with one attached hydrogen (secondary N) is 2. The van der Waals surface area contributed by atoms with Gasteiger partial charge in [-0.3, -0.25) is 0 Å². The summed E-state index contributed by atoms with van der Waals surface area (Å²) in [5, 5.41) is 3.05. The van der Waals surface area contributed by atoms with E-state index in [-0.39, 0.29) is 23.7 Å². The van der Waals surface area contributed by atoms with Crippen LogP contribution in [0.5, 0.6) is 0 Å². The molecule has 32 heavy (non-hydrogen) atoms.